The van der Waals surface area contributed by atoms with E-state index in [1.807, 2.05) is 37.3 Å². The lowest BCUT2D eigenvalue weighted by atomic mass is 10.1. The number of hydrogen-bond donors (Lipinski definition) is 2. The van der Waals surface area contributed by atoms with E-state index < -0.39 is 0 Å². The van der Waals surface area contributed by atoms with E-state index in [1.165, 1.54) is 11.3 Å². The number of nitrogens with zero attached hydrogens (tertiary/aromatic N) is 2. The molecule has 0 aliphatic rings. The number of carbonyl (C=O) groups excluding carboxylic acids is 1. The summed E-state index contributed by atoms with van der Waals surface area (Å²) < 4.78 is 6.46. The van der Waals surface area contributed by atoms with Crippen LogP contribution in [0.4, 0.5) is 5.13 Å². The van der Waals surface area contributed by atoms with Gasteiger partial charge >= 0.3 is 0 Å². The van der Waals surface area contributed by atoms with E-state index in [2.05, 4.69) is 20.5 Å². The number of amides is 1. The highest BCUT2D eigenvalue weighted by atomic mass is 32.1. The fourth-order valence-corrected chi connectivity index (χ4v) is 3.43. The van der Waals surface area contributed by atoms with Gasteiger partial charge in [0.2, 0.25) is 0 Å². The standard InChI is InChI=1S/C17H14N4O2S/c1-2-23-11-6-7-13-14(8-11)24-17(19-13)20-16(22)12-5-3-4-10-9-18-21-15(10)12/h3-9H,2H2,1H3,(H,18,21)(H,19,20,22). The normalized spacial score (nSPS) is 11.0. The topological polar surface area (TPSA) is 79.9 Å². The van der Waals surface area contributed by atoms with Crippen molar-refractivity contribution in [2.24, 2.45) is 0 Å². The molecule has 4 aromatic rings. The highest BCUT2D eigenvalue weighted by Gasteiger charge is 2.14. The fraction of sp³-hybridized carbons (Fsp3) is 0.118. The molecule has 0 spiro atoms. The maximum atomic E-state index is 12.6. The molecule has 0 aliphatic heterocycles. The molecule has 0 atom stereocenters. The Morgan fingerprint density at radius 2 is 2.25 bits per heavy atom. The Balaban J connectivity index is 1.63. The van der Waals surface area contributed by atoms with Crippen LogP contribution in [0.1, 0.15) is 17.3 Å². The third kappa shape index (κ3) is 2.59. The van der Waals surface area contributed by atoms with Gasteiger partial charge in [0.15, 0.2) is 5.13 Å². The van der Waals surface area contributed by atoms with Gasteiger partial charge in [-0.15, -0.1) is 0 Å². The summed E-state index contributed by atoms with van der Waals surface area (Å²) in [6.07, 6.45) is 1.69. The van der Waals surface area contributed by atoms with Gasteiger partial charge < -0.3 is 4.74 Å². The first-order valence-corrected chi connectivity index (χ1v) is 8.33. The molecule has 0 fully saturated rings. The van der Waals surface area contributed by atoms with Crippen LogP contribution in [0.15, 0.2) is 42.6 Å². The molecule has 0 radical (unpaired) electrons. The van der Waals surface area contributed by atoms with Crippen molar-refractivity contribution in [3.8, 4) is 5.75 Å². The lowest BCUT2D eigenvalue weighted by Gasteiger charge is -2.02. The smallest absolute Gasteiger partial charge is 0.259 e. The van der Waals surface area contributed by atoms with Crippen LogP contribution >= 0.6 is 11.3 Å². The maximum absolute atomic E-state index is 12.6. The van der Waals surface area contributed by atoms with Crippen LogP contribution in [0, 0.1) is 0 Å². The minimum Gasteiger partial charge on any atom is -0.494 e. The Labute approximate surface area is 141 Å². The van der Waals surface area contributed by atoms with Crippen LogP contribution in [0.25, 0.3) is 21.1 Å². The summed E-state index contributed by atoms with van der Waals surface area (Å²) in [5.41, 5.74) is 2.09. The molecule has 6 nitrogen and oxygen atoms in total. The number of hydrogen-bond acceptors (Lipinski definition) is 5. The van der Waals surface area contributed by atoms with E-state index in [9.17, 15) is 4.79 Å². The number of aromatic amines is 1. The van der Waals surface area contributed by atoms with Gasteiger partial charge in [0.1, 0.15) is 5.75 Å². The molecule has 1 amide bonds. The molecule has 2 aromatic carbocycles. The van der Waals surface area contributed by atoms with E-state index >= 15 is 0 Å². The Morgan fingerprint density at radius 1 is 1.33 bits per heavy atom. The summed E-state index contributed by atoms with van der Waals surface area (Å²) in [4.78, 5) is 17.0. The zero-order chi connectivity index (χ0) is 16.5. The van der Waals surface area contributed by atoms with Gasteiger partial charge in [-0.2, -0.15) is 5.10 Å². The molecule has 24 heavy (non-hydrogen) atoms. The third-order valence-electron chi connectivity index (χ3n) is 3.61. The lowest BCUT2D eigenvalue weighted by molar-refractivity contribution is 0.102. The van der Waals surface area contributed by atoms with Crippen molar-refractivity contribution in [1.29, 1.82) is 0 Å². The minimum absolute atomic E-state index is 0.214. The van der Waals surface area contributed by atoms with Crippen molar-refractivity contribution in [3.05, 3.63) is 48.2 Å². The first kappa shape index (κ1) is 14.6. The molecule has 7 heteroatoms. The Kier molecular flexibility index (Phi) is 3.62. The van der Waals surface area contributed by atoms with Gasteiger partial charge in [-0.3, -0.25) is 15.2 Å². The van der Waals surface area contributed by atoms with E-state index in [4.69, 9.17) is 4.74 Å². The van der Waals surface area contributed by atoms with Gasteiger partial charge in [-0.25, -0.2) is 4.98 Å². The van der Waals surface area contributed by atoms with E-state index in [0.29, 0.717) is 17.3 Å². The van der Waals surface area contributed by atoms with E-state index in [-0.39, 0.29) is 5.91 Å². The number of para-hydroxylation sites is 1. The number of carbonyl (C=O) groups is 1. The third-order valence-corrected chi connectivity index (χ3v) is 4.55. The quantitative estimate of drug-likeness (QED) is 0.593. The van der Waals surface area contributed by atoms with Crippen molar-refractivity contribution >= 4 is 43.5 Å². The summed E-state index contributed by atoms with van der Waals surface area (Å²) >= 11 is 1.42. The molecule has 2 aromatic heterocycles. The summed E-state index contributed by atoms with van der Waals surface area (Å²) in [5, 5.41) is 11.2. The number of ether oxygens (including phenoxy) is 1. The maximum Gasteiger partial charge on any atom is 0.259 e. The van der Waals surface area contributed by atoms with Crippen LogP contribution in [0.2, 0.25) is 0 Å². The summed E-state index contributed by atoms with van der Waals surface area (Å²) in [6.45, 7) is 2.56. The first-order valence-electron chi connectivity index (χ1n) is 7.51. The second-order valence-corrected chi connectivity index (χ2v) is 6.21. The van der Waals surface area contributed by atoms with Crippen molar-refractivity contribution in [1.82, 2.24) is 15.2 Å². The molecule has 0 unspecified atom stereocenters. The molecule has 120 valence electrons. The van der Waals surface area contributed by atoms with Crippen LogP contribution in [-0.2, 0) is 0 Å². The highest BCUT2D eigenvalue weighted by molar-refractivity contribution is 7.22. The van der Waals surface area contributed by atoms with Crippen molar-refractivity contribution < 1.29 is 9.53 Å². The second-order valence-electron chi connectivity index (χ2n) is 5.18. The van der Waals surface area contributed by atoms with Crippen LogP contribution < -0.4 is 10.1 Å². The fourth-order valence-electron chi connectivity index (χ4n) is 2.54. The van der Waals surface area contributed by atoms with Gasteiger partial charge in [-0.05, 0) is 31.2 Å². The molecule has 0 aliphatic carbocycles. The number of aromatic nitrogens is 3. The van der Waals surface area contributed by atoms with Gasteiger partial charge in [0.05, 0.1) is 34.1 Å². The monoisotopic (exact) mass is 338 g/mol. The van der Waals surface area contributed by atoms with Crippen LogP contribution in [-0.4, -0.2) is 27.7 Å². The molecule has 0 bridgehead atoms. The molecule has 0 saturated heterocycles. The highest BCUT2D eigenvalue weighted by Crippen LogP contribution is 2.29. The molecule has 2 N–H and O–H groups in total. The average molecular weight is 338 g/mol. The first-order chi connectivity index (χ1) is 11.7. The molecule has 2 heterocycles. The zero-order valence-corrected chi connectivity index (χ0v) is 13.7. The number of H-pyrrole nitrogens is 1. The molecule has 4 rings (SSSR count). The average Bonchev–Trinajstić information content (AvgIpc) is 3.20. The van der Waals surface area contributed by atoms with Crippen molar-refractivity contribution in [2.45, 2.75) is 6.92 Å². The van der Waals surface area contributed by atoms with Crippen LogP contribution in [0.3, 0.4) is 0 Å². The number of anilines is 1. The number of nitrogens with one attached hydrogen (secondary N) is 2. The Morgan fingerprint density at radius 3 is 3.12 bits per heavy atom. The molecular formula is C17H14N4O2S. The van der Waals surface area contributed by atoms with Gasteiger partial charge in [0.25, 0.3) is 5.91 Å². The van der Waals surface area contributed by atoms with Gasteiger partial charge in [-0.1, -0.05) is 23.5 Å². The summed E-state index contributed by atoms with van der Waals surface area (Å²) in [7, 11) is 0. The Bertz CT molecular complexity index is 1040. The number of thiazole rings is 1. The second kappa shape index (κ2) is 5.93. The minimum atomic E-state index is -0.214. The predicted octanol–water partition coefficient (Wildman–Crippen LogP) is 3.82. The summed E-state index contributed by atoms with van der Waals surface area (Å²) in [5.74, 6) is 0.586. The van der Waals surface area contributed by atoms with E-state index in [0.717, 1.165) is 26.9 Å². The van der Waals surface area contributed by atoms with E-state index in [1.54, 1.807) is 12.3 Å². The van der Waals surface area contributed by atoms with Gasteiger partial charge in [0, 0.05) is 5.39 Å². The SMILES string of the molecule is CCOc1ccc2nc(NC(=O)c3cccc4cn[nH]c34)sc2c1. The largest absolute Gasteiger partial charge is 0.494 e. The molecular weight excluding hydrogens is 324 g/mol. The number of rotatable bonds is 4. The number of fused-ring (bicyclic) bond motifs is 2. The zero-order valence-electron chi connectivity index (χ0n) is 12.9. The predicted molar refractivity (Wildman–Crippen MR) is 94.8 cm³/mol. The van der Waals surface area contributed by atoms with Crippen LogP contribution in [0.5, 0.6) is 5.75 Å². The number of benzene rings is 2. The Hall–Kier alpha value is -2.93. The van der Waals surface area contributed by atoms with Crippen molar-refractivity contribution in [2.75, 3.05) is 11.9 Å². The van der Waals surface area contributed by atoms with Crippen molar-refractivity contribution in [3.63, 3.8) is 0 Å². The lowest BCUT2D eigenvalue weighted by Crippen LogP contribution is -2.12. The molecule has 0 saturated carbocycles. The summed E-state index contributed by atoms with van der Waals surface area (Å²) in [6, 6.07) is 11.2.